The molecule has 1 unspecified atom stereocenters. The van der Waals surface area contributed by atoms with Crippen molar-refractivity contribution in [2.75, 3.05) is 5.32 Å². The molecule has 0 aliphatic carbocycles. The molecule has 1 amide bonds. The van der Waals surface area contributed by atoms with Gasteiger partial charge in [0.2, 0.25) is 5.91 Å². The summed E-state index contributed by atoms with van der Waals surface area (Å²) in [6.45, 7) is 7.15. The second-order valence-electron chi connectivity index (χ2n) is 5.76. The first kappa shape index (κ1) is 16.6. The molecule has 7 heteroatoms. The molecule has 0 aliphatic rings. The summed E-state index contributed by atoms with van der Waals surface area (Å²) in [7, 11) is 0. The van der Waals surface area contributed by atoms with E-state index in [-0.39, 0.29) is 28.4 Å². The van der Waals surface area contributed by atoms with Crippen LogP contribution in [0.3, 0.4) is 0 Å². The molecule has 0 bridgehead atoms. The van der Waals surface area contributed by atoms with Crippen LogP contribution >= 0.6 is 0 Å². The van der Waals surface area contributed by atoms with Crippen LogP contribution in [0, 0.1) is 10.1 Å². The first-order valence-electron chi connectivity index (χ1n) is 6.46. The van der Waals surface area contributed by atoms with Gasteiger partial charge in [-0.15, -0.1) is 0 Å². The SMILES string of the molecule is CC(Nc1ccc(C=O)cc1[N+](=O)[O-])C(=O)NC(C)(C)C. The van der Waals surface area contributed by atoms with Gasteiger partial charge in [0, 0.05) is 17.2 Å². The third-order valence-electron chi connectivity index (χ3n) is 2.62. The van der Waals surface area contributed by atoms with E-state index >= 15 is 0 Å². The number of benzene rings is 1. The van der Waals surface area contributed by atoms with Gasteiger partial charge in [0.1, 0.15) is 18.0 Å². The first-order chi connectivity index (χ1) is 9.64. The van der Waals surface area contributed by atoms with Gasteiger partial charge in [0.15, 0.2) is 0 Å². The lowest BCUT2D eigenvalue weighted by Gasteiger charge is -2.24. The van der Waals surface area contributed by atoms with Crippen molar-refractivity contribution in [1.29, 1.82) is 0 Å². The fourth-order valence-electron chi connectivity index (χ4n) is 1.67. The minimum Gasteiger partial charge on any atom is -0.368 e. The molecule has 1 atom stereocenters. The van der Waals surface area contributed by atoms with E-state index in [2.05, 4.69) is 10.6 Å². The van der Waals surface area contributed by atoms with E-state index in [1.807, 2.05) is 20.8 Å². The second kappa shape index (κ2) is 6.34. The van der Waals surface area contributed by atoms with Gasteiger partial charge in [0.25, 0.3) is 5.69 Å². The standard InChI is InChI=1S/C14H19N3O4/c1-9(13(19)16-14(2,3)4)15-11-6-5-10(8-18)7-12(11)17(20)21/h5-9,15H,1-4H3,(H,16,19). The van der Waals surface area contributed by atoms with E-state index in [9.17, 15) is 19.7 Å². The monoisotopic (exact) mass is 293 g/mol. The van der Waals surface area contributed by atoms with Gasteiger partial charge < -0.3 is 10.6 Å². The van der Waals surface area contributed by atoms with Crippen molar-refractivity contribution in [3.8, 4) is 0 Å². The predicted octanol–water partition coefficient (Wildman–Crippen LogP) is 2.12. The Labute approximate surface area is 122 Å². The molecule has 7 nitrogen and oxygen atoms in total. The van der Waals surface area contributed by atoms with Crippen molar-refractivity contribution in [2.24, 2.45) is 0 Å². The Kier molecular flexibility index (Phi) is 5.02. The molecule has 1 rings (SSSR count). The van der Waals surface area contributed by atoms with E-state index in [0.29, 0.717) is 6.29 Å². The summed E-state index contributed by atoms with van der Waals surface area (Å²) >= 11 is 0. The molecule has 0 aromatic heterocycles. The van der Waals surface area contributed by atoms with Gasteiger partial charge >= 0.3 is 0 Å². The summed E-state index contributed by atoms with van der Waals surface area (Å²) < 4.78 is 0. The molecular formula is C14H19N3O4. The van der Waals surface area contributed by atoms with Crippen LogP contribution in [0.1, 0.15) is 38.1 Å². The zero-order chi connectivity index (χ0) is 16.2. The predicted molar refractivity (Wildman–Crippen MR) is 79.5 cm³/mol. The van der Waals surface area contributed by atoms with Crippen LogP contribution in [0.4, 0.5) is 11.4 Å². The summed E-state index contributed by atoms with van der Waals surface area (Å²) in [5.74, 6) is -0.267. The molecule has 1 aromatic rings. The molecule has 0 heterocycles. The molecule has 0 aliphatic heterocycles. The number of nitro benzene ring substituents is 1. The van der Waals surface area contributed by atoms with Crippen LogP contribution in [-0.2, 0) is 4.79 Å². The van der Waals surface area contributed by atoms with Crippen LogP contribution in [-0.4, -0.2) is 28.7 Å². The van der Waals surface area contributed by atoms with Crippen molar-refractivity contribution < 1.29 is 14.5 Å². The molecule has 0 radical (unpaired) electrons. The smallest absolute Gasteiger partial charge is 0.293 e. The van der Waals surface area contributed by atoms with Gasteiger partial charge in [-0.1, -0.05) is 0 Å². The van der Waals surface area contributed by atoms with Gasteiger partial charge in [-0.05, 0) is 39.8 Å². The third kappa shape index (κ3) is 4.87. The van der Waals surface area contributed by atoms with Gasteiger partial charge in [-0.2, -0.15) is 0 Å². The normalized spacial score (nSPS) is 12.4. The van der Waals surface area contributed by atoms with E-state index in [0.717, 1.165) is 0 Å². The lowest BCUT2D eigenvalue weighted by atomic mass is 10.1. The fourth-order valence-corrected chi connectivity index (χ4v) is 1.67. The summed E-state index contributed by atoms with van der Waals surface area (Å²) in [6, 6.07) is 3.40. The number of carbonyl (C=O) groups excluding carboxylic acids is 2. The average Bonchev–Trinajstić information content (AvgIpc) is 2.36. The molecule has 2 N–H and O–H groups in total. The van der Waals surface area contributed by atoms with E-state index in [1.54, 1.807) is 6.92 Å². The Balaban J connectivity index is 2.94. The number of nitrogens with one attached hydrogen (secondary N) is 2. The van der Waals surface area contributed by atoms with Crippen molar-refractivity contribution in [3.63, 3.8) is 0 Å². The average molecular weight is 293 g/mol. The lowest BCUT2D eigenvalue weighted by Crippen LogP contribution is -2.47. The highest BCUT2D eigenvalue weighted by atomic mass is 16.6. The van der Waals surface area contributed by atoms with Crippen molar-refractivity contribution in [3.05, 3.63) is 33.9 Å². The summed E-state index contributed by atoms with van der Waals surface area (Å²) in [6.07, 6.45) is 0.534. The highest BCUT2D eigenvalue weighted by molar-refractivity contribution is 5.86. The van der Waals surface area contributed by atoms with Crippen molar-refractivity contribution >= 4 is 23.6 Å². The van der Waals surface area contributed by atoms with Crippen LogP contribution in [0.2, 0.25) is 0 Å². The zero-order valence-corrected chi connectivity index (χ0v) is 12.5. The highest BCUT2D eigenvalue weighted by Gasteiger charge is 2.22. The van der Waals surface area contributed by atoms with Crippen molar-refractivity contribution in [1.82, 2.24) is 5.32 Å². The Hall–Kier alpha value is -2.44. The number of rotatable bonds is 5. The van der Waals surface area contributed by atoms with Crippen LogP contribution in [0.25, 0.3) is 0 Å². The Morgan fingerprint density at radius 2 is 2.00 bits per heavy atom. The van der Waals surface area contributed by atoms with E-state index in [1.165, 1.54) is 18.2 Å². The minimum atomic E-state index is -0.648. The molecule has 21 heavy (non-hydrogen) atoms. The highest BCUT2D eigenvalue weighted by Crippen LogP contribution is 2.25. The maximum absolute atomic E-state index is 12.0. The molecule has 0 saturated heterocycles. The first-order valence-corrected chi connectivity index (χ1v) is 6.46. The largest absolute Gasteiger partial charge is 0.368 e. The molecule has 0 spiro atoms. The van der Waals surface area contributed by atoms with E-state index < -0.39 is 11.0 Å². The minimum absolute atomic E-state index is 0.196. The molecule has 1 aromatic carbocycles. The van der Waals surface area contributed by atoms with Gasteiger partial charge in [-0.3, -0.25) is 19.7 Å². The van der Waals surface area contributed by atoms with Gasteiger partial charge in [0.05, 0.1) is 4.92 Å². The third-order valence-corrected chi connectivity index (χ3v) is 2.62. The molecule has 0 fully saturated rings. The number of nitro groups is 1. The lowest BCUT2D eigenvalue weighted by molar-refractivity contribution is -0.384. The molecule has 0 saturated carbocycles. The zero-order valence-electron chi connectivity index (χ0n) is 12.5. The summed E-state index contributed by atoms with van der Waals surface area (Å²) in [4.78, 5) is 33.1. The Bertz CT molecular complexity index is 564. The van der Waals surface area contributed by atoms with Crippen LogP contribution in [0.15, 0.2) is 18.2 Å². The molecular weight excluding hydrogens is 274 g/mol. The van der Waals surface area contributed by atoms with Crippen LogP contribution in [0.5, 0.6) is 0 Å². The van der Waals surface area contributed by atoms with Gasteiger partial charge in [-0.25, -0.2) is 0 Å². The maximum Gasteiger partial charge on any atom is 0.293 e. The number of anilines is 1. The Morgan fingerprint density at radius 3 is 2.48 bits per heavy atom. The number of hydrogen-bond donors (Lipinski definition) is 2. The molecule has 114 valence electrons. The fraction of sp³-hybridized carbons (Fsp3) is 0.429. The number of hydrogen-bond acceptors (Lipinski definition) is 5. The summed E-state index contributed by atoms with van der Waals surface area (Å²) in [5.41, 5.74) is -0.225. The quantitative estimate of drug-likeness (QED) is 0.492. The van der Waals surface area contributed by atoms with Crippen molar-refractivity contribution in [2.45, 2.75) is 39.3 Å². The van der Waals surface area contributed by atoms with Crippen LogP contribution < -0.4 is 10.6 Å². The second-order valence-corrected chi connectivity index (χ2v) is 5.76. The maximum atomic E-state index is 12.0. The topological polar surface area (TPSA) is 101 Å². The van der Waals surface area contributed by atoms with E-state index in [4.69, 9.17) is 0 Å². The summed E-state index contributed by atoms with van der Waals surface area (Å²) in [5, 5.41) is 16.6. The number of nitrogens with zero attached hydrogens (tertiary/aromatic N) is 1. The number of aldehydes is 1. The number of amides is 1. The Morgan fingerprint density at radius 1 is 1.38 bits per heavy atom. The number of carbonyl (C=O) groups is 2.